The maximum Gasteiger partial charge on any atom is 0.330 e. The number of phenolic OH excluding ortho intramolecular Hbond substituents is 1. The molecule has 6 rings (SSSR count). The Morgan fingerprint density at radius 3 is 2.37 bits per heavy atom. The molecule has 4 aliphatic rings. The topological polar surface area (TPSA) is 59.4 Å². The van der Waals surface area contributed by atoms with Crippen molar-refractivity contribution in [1.29, 1.82) is 0 Å². The zero-order valence-corrected chi connectivity index (χ0v) is 17.5. The highest BCUT2D eigenvalue weighted by molar-refractivity contribution is 5.86. The standard InChI is InChI=1S/C26H29NO3/c1-2-30-25(29)8-6-22-5-3-21(16-27-22)20-4-7-24(28)23(12-20)26-13-17-9-18(14-26)11-19(10-17)15-26/h3-8,12,16-19,28H,2,9-11,13-15H2,1H3/b8-6+. The monoisotopic (exact) mass is 403 g/mol. The smallest absolute Gasteiger partial charge is 0.330 e. The Bertz CT molecular complexity index is 941. The van der Waals surface area contributed by atoms with Gasteiger partial charge in [-0.25, -0.2) is 4.79 Å². The fraction of sp³-hybridized carbons (Fsp3) is 0.462. The maximum atomic E-state index is 11.5. The number of carbonyl (C=O) groups excluding carboxylic acids is 1. The molecule has 4 fully saturated rings. The molecule has 1 aromatic heterocycles. The number of esters is 1. The number of carbonyl (C=O) groups is 1. The molecule has 156 valence electrons. The molecule has 2 aromatic rings. The van der Waals surface area contributed by atoms with Crippen LogP contribution in [0.1, 0.15) is 56.7 Å². The number of pyridine rings is 1. The van der Waals surface area contributed by atoms with Gasteiger partial charge in [-0.2, -0.15) is 0 Å². The summed E-state index contributed by atoms with van der Waals surface area (Å²) in [5, 5.41) is 10.8. The highest BCUT2D eigenvalue weighted by atomic mass is 16.5. The number of aromatic nitrogens is 1. The Hall–Kier alpha value is -2.62. The van der Waals surface area contributed by atoms with Crippen LogP contribution in [0.25, 0.3) is 17.2 Å². The summed E-state index contributed by atoms with van der Waals surface area (Å²) in [6, 6.07) is 9.96. The first-order chi connectivity index (χ1) is 14.5. The summed E-state index contributed by atoms with van der Waals surface area (Å²) >= 11 is 0. The van der Waals surface area contributed by atoms with Crippen molar-refractivity contribution in [3.05, 3.63) is 53.9 Å². The van der Waals surface area contributed by atoms with Gasteiger partial charge in [-0.1, -0.05) is 12.1 Å². The van der Waals surface area contributed by atoms with Crippen LogP contribution >= 0.6 is 0 Å². The summed E-state index contributed by atoms with van der Waals surface area (Å²) in [4.78, 5) is 16.0. The largest absolute Gasteiger partial charge is 0.508 e. The highest BCUT2D eigenvalue weighted by Crippen LogP contribution is 2.62. The molecule has 30 heavy (non-hydrogen) atoms. The van der Waals surface area contributed by atoms with Crippen LogP contribution in [0.15, 0.2) is 42.6 Å². The highest BCUT2D eigenvalue weighted by Gasteiger charge is 2.52. The summed E-state index contributed by atoms with van der Waals surface area (Å²) in [6.07, 6.45) is 12.8. The van der Waals surface area contributed by atoms with Crippen LogP contribution in [-0.2, 0) is 14.9 Å². The molecule has 0 unspecified atom stereocenters. The van der Waals surface area contributed by atoms with E-state index in [0.717, 1.165) is 34.4 Å². The van der Waals surface area contributed by atoms with E-state index in [1.165, 1.54) is 44.6 Å². The fourth-order valence-corrected chi connectivity index (χ4v) is 6.60. The van der Waals surface area contributed by atoms with Gasteiger partial charge in [0.05, 0.1) is 12.3 Å². The molecule has 0 saturated heterocycles. The first-order valence-electron chi connectivity index (χ1n) is 11.2. The van der Waals surface area contributed by atoms with Gasteiger partial charge in [0.15, 0.2) is 0 Å². The third-order valence-electron chi connectivity index (χ3n) is 7.40. The first kappa shape index (κ1) is 19.3. The second-order valence-corrected chi connectivity index (χ2v) is 9.49. The van der Waals surface area contributed by atoms with Gasteiger partial charge < -0.3 is 9.84 Å². The van der Waals surface area contributed by atoms with Crippen LogP contribution in [0.5, 0.6) is 5.75 Å². The fourth-order valence-electron chi connectivity index (χ4n) is 6.60. The van der Waals surface area contributed by atoms with Gasteiger partial charge in [0.1, 0.15) is 5.75 Å². The summed E-state index contributed by atoms with van der Waals surface area (Å²) in [5.41, 5.74) is 4.13. The second kappa shape index (κ2) is 7.57. The maximum absolute atomic E-state index is 11.5. The van der Waals surface area contributed by atoms with E-state index in [1.54, 1.807) is 13.0 Å². The lowest BCUT2D eigenvalue weighted by molar-refractivity contribution is -0.137. The van der Waals surface area contributed by atoms with Crippen molar-refractivity contribution in [2.75, 3.05) is 6.61 Å². The lowest BCUT2D eigenvalue weighted by Gasteiger charge is -2.57. The molecule has 0 aliphatic heterocycles. The minimum Gasteiger partial charge on any atom is -0.508 e. The number of rotatable bonds is 5. The molecule has 0 amide bonds. The van der Waals surface area contributed by atoms with Crippen molar-refractivity contribution in [1.82, 2.24) is 4.98 Å². The average Bonchev–Trinajstić information content (AvgIpc) is 2.72. The van der Waals surface area contributed by atoms with E-state index in [9.17, 15) is 9.90 Å². The third-order valence-corrected chi connectivity index (χ3v) is 7.40. The Labute approximate surface area is 178 Å². The molecule has 4 nitrogen and oxygen atoms in total. The summed E-state index contributed by atoms with van der Waals surface area (Å²) in [5.74, 6) is 2.61. The van der Waals surface area contributed by atoms with E-state index in [2.05, 4.69) is 11.1 Å². The SMILES string of the molecule is CCOC(=O)/C=C/c1ccc(-c2ccc(O)c(C34CC5CC(CC(C5)C3)C4)c2)cn1. The van der Waals surface area contributed by atoms with E-state index >= 15 is 0 Å². The number of hydrogen-bond acceptors (Lipinski definition) is 4. The first-order valence-corrected chi connectivity index (χ1v) is 11.2. The summed E-state index contributed by atoms with van der Waals surface area (Å²) in [7, 11) is 0. The van der Waals surface area contributed by atoms with Crippen LogP contribution in [0.4, 0.5) is 0 Å². The Kier molecular flexibility index (Phi) is 4.88. The van der Waals surface area contributed by atoms with Crippen LogP contribution < -0.4 is 0 Å². The van der Waals surface area contributed by atoms with Gasteiger partial charge in [0.25, 0.3) is 0 Å². The quantitative estimate of drug-likeness (QED) is 0.529. The molecule has 0 radical (unpaired) electrons. The summed E-state index contributed by atoms with van der Waals surface area (Å²) < 4.78 is 4.90. The number of nitrogens with zero attached hydrogens (tertiary/aromatic N) is 1. The lowest BCUT2D eigenvalue weighted by atomic mass is 9.48. The number of ether oxygens (including phenoxy) is 1. The average molecular weight is 404 g/mol. The van der Waals surface area contributed by atoms with Crippen LogP contribution in [-0.4, -0.2) is 22.7 Å². The van der Waals surface area contributed by atoms with Gasteiger partial charge >= 0.3 is 5.97 Å². The zero-order chi connectivity index (χ0) is 20.7. The van der Waals surface area contributed by atoms with E-state index in [1.807, 2.05) is 30.5 Å². The van der Waals surface area contributed by atoms with Crippen molar-refractivity contribution in [3.63, 3.8) is 0 Å². The van der Waals surface area contributed by atoms with Crippen molar-refractivity contribution in [2.24, 2.45) is 17.8 Å². The number of aromatic hydroxyl groups is 1. The molecular formula is C26H29NO3. The summed E-state index contributed by atoms with van der Waals surface area (Å²) in [6.45, 7) is 2.15. The molecule has 4 aliphatic carbocycles. The molecule has 1 N–H and O–H groups in total. The number of hydrogen-bond donors (Lipinski definition) is 1. The third kappa shape index (κ3) is 3.53. The molecule has 0 atom stereocenters. The molecule has 1 aromatic carbocycles. The zero-order valence-electron chi connectivity index (χ0n) is 17.5. The van der Waals surface area contributed by atoms with E-state index in [4.69, 9.17) is 4.74 Å². The van der Waals surface area contributed by atoms with E-state index in [-0.39, 0.29) is 11.4 Å². The van der Waals surface area contributed by atoms with Gasteiger partial charge in [-0.05, 0) is 98.5 Å². The minimum absolute atomic E-state index is 0.157. The van der Waals surface area contributed by atoms with Gasteiger partial charge in [-0.15, -0.1) is 0 Å². The number of phenols is 1. The molecule has 4 bridgehead atoms. The minimum atomic E-state index is -0.359. The normalized spacial score (nSPS) is 29.4. The Morgan fingerprint density at radius 1 is 1.10 bits per heavy atom. The van der Waals surface area contributed by atoms with E-state index < -0.39 is 0 Å². The van der Waals surface area contributed by atoms with E-state index in [0.29, 0.717) is 18.1 Å². The molecule has 1 heterocycles. The number of benzene rings is 1. The lowest BCUT2D eigenvalue weighted by Crippen LogP contribution is -2.48. The van der Waals surface area contributed by atoms with Gasteiger partial charge in [0, 0.05) is 23.4 Å². The van der Waals surface area contributed by atoms with Crippen LogP contribution in [0, 0.1) is 17.8 Å². The van der Waals surface area contributed by atoms with Gasteiger partial charge in [0.2, 0.25) is 0 Å². The predicted molar refractivity (Wildman–Crippen MR) is 117 cm³/mol. The molecule has 0 spiro atoms. The van der Waals surface area contributed by atoms with Crippen LogP contribution in [0.3, 0.4) is 0 Å². The Morgan fingerprint density at radius 2 is 1.77 bits per heavy atom. The molecular weight excluding hydrogens is 374 g/mol. The van der Waals surface area contributed by atoms with Crippen molar-refractivity contribution in [2.45, 2.75) is 50.9 Å². The second-order valence-electron chi connectivity index (χ2n) is 9.49. The predicted octanol–water partition coefficient (Wildman–Crippen LogP) is 5.50. The van der Waals surface area contributed by atoms with Gasteiger partial charge in [-0.3, -0.25) is 4.98 Å². The van der Waals surface area contributed by atoms with Crippen molar-refractivity contribution >= 4 is 12.0 Å². The molecule has 4 heteroatoms. The van der Waals surface area contributed by atoms with Crippen molar-refractivity contribution < 1.29 is 14.6 Å². The van der Waals surface area contributed by atoms with Crippen molar-refractivity contribution in [3.8, 4) is 16.9 Å². The molecule has 4 saturated carbocycles. The Balaban J connectivity index is 1.41. The van der Waals surface area contributed by atoms with Crippen LogP contribution in [0.2, 0.25) is 0 Å².